The van der Waals surface area contributed by atoms with Gasteiger partial charge in [-0.3, -0.25) is 4.79 Å². The van der Waals surface area contributed by atoms with E-state index in [-0.39, 0.29) is 11.1 Å². The summed E-state index contributed by atoms with van der Waals surface area (Å²) in [6.07, 6.45) is 0.913. The molecule has 0 spiro atoms. The molecule has 0 saturated carbocycles. The van der Waals surface area contributed by atoms with Gasteiger partial charge in [-0.2, -0.15) is 0 Å². The molecule has 5 nitrogen and oxygen atoms in total. The lowest BCUT2D eigenvalue weighted by molar-refractivity contribution is 0.102. The average molecular weight is 292 g/mol. The molecule has 0 fully saturated rings. The van der Waals surface area contributed by atoms with Crippen molar-refractivity contribution in [2.45, 2.75) is 13.3 Å². The molecule has 104 valence electrons. The Morgan fingerprint density at radius 3 is 2.85 bits per heavy atom. The van der Waals surface area contributed by atoms with Crippen LogP contribution in [-0.4, -0.2) is 22.7 Å². The molecule has 0 atom stereocenters. The van der Waals surface area contributed by atoms with Gasteiger partial charge in [-0.25, -0.2) is 0 Å². The fourth-order valence-electron chi connectivity index (χ4n) is 1.52. The van der Waals surface area contributed by atoms with Crippen LogP contribution in [0.1, 0.15) is 23.7 Å². The van der Waals surface area contributed by atoms with E-state index in [1.807, 2.05) is 13.0 Å². The van der Waals surface area contributed by atoms with E-state index >= 15 is 0 Å². The molecule has 0 aliphatic carbocycles. The van der Waals surface area contributed by atoms with Crippen LogP contribution < -0.4 is 10.1 Å². The van der Waals surface area contributed by atoms with Gasteiger partial charge in [-0.1, -0.05) is 24.6 Å². The lowest BCUT2D eigenvalue weighted by Crippen LogP contribution is -2.13. The zero-order chi connectivity index (χ0) is 14.4. The van der Waals surface area contributed by atoms with Crippen molar-refractivity contribution in [3.05, 3.63) is 47.1 Å². The van der Waals surface area contributed by atoms with Gasteiger partial charge in [0.25, 0.3) is 5.91 Å². The number of anilines is 1. The number of rotatable bonds is 5. The highest BCUT2D eigenvalue weighted by Crippen LogP contribution is 2.15. The van der Waals surface area contributed by atoms with E-state index in [1.165, 1.54) is 0 Å². The molecule has 0 bridgehead atoms. The summed E-state index contributed by atoms with van der Waals surface area (Å²) in [7, 11) is 0. The molecule has 0 radical (unpaired) electrons. The number of carbonyl (C=O) groups excluding carboxylic acids is 1. The number of nitrogens with one attached hydrogen (secondary N) is 1. The summed E-state index contributed by atoms with van der Waals surface area (Å²) in [4.78, 5) is 12.1. The minimum Gasteiger partial charge on any atom is -0.494 e. The van der Waals surface area contributed by atoms with Crippen LogP contribution in [0.2, 0.25) is 5.15 Å². The number of halogens is 1. The van der Waals surface area contributed by atoms with Gasteiger partial charge in [0.1, 0.15) is 5.75 Å². The highest BCUT2D eigenvalue weighted by molar-refractivity contribution is 6.29. The number of amides is 1. The highest BCUT2D eigenvalue weighted by Gasteiger charge is 2.08. The normalized spacial score (nSPS) is 10.1. The Morgan fingerprint density at radius 2 is 2.15 bits per heavy atom. The third-order valence-corrected chi connectivity index (χ3v) is 2.64. The Labute approximate surface area is 121 Å². The van der Waals surface area contributed by atoms with Gasteiger partial charge in [-0.15, -0.1) is 10.2 Å². The van der Waals surface area contributed by atoms with Gasteiger partial charge < -0.3 is 10.1 Å². The van der Waals surface area contributed by atoms with Gasteiger partial charge >= 0.3 is 0 Å². The number of nitrogens with zero attached hydrogens (tertiary/aromatic N) is 2. The van der Waals surface area contributed by atoms with E-state index in [0.717, 1.165) is 6.42 Å². The van der Waals surface area contributed by atoms with Gasteiger partial charge in [0.2, 0.25) is 0 Å². The standard InChI is InChI=1S/C14H14ClN3O2/c1-2-8-20-11-5-3-4-10(9-11)14(19)16-13-7-6-12(15)17-18-13/h3-7,9H,2,8H2,1H3,(H,16,18,19). The minimum absolute atomic E-state index is 0.274. The van der Waals surface area contributed by atoms with E-state index < -0.39 is 0 Å². The first-order chi connectivity index (χ1) is 9.69. The van der Waals surface area contributed by atoms with E-state index in [9.17, 15) is 4.79 Å². The molecule has 1 aromatic heterocycles. The first-order valence-electron chi connectivity index (χ1n) is 6.22. The summed E-state index contributed by atoms with van der Waals surface area (Å²) in [6.45, 7) is 2.64. The number of ether oxygens (including phenoxy) is 1. The summed E-state index contributed by atoms with van der Waals surface area (Å²) < 4.78 is 5.49. The quantitative estimate of drug-likeness (QED) is 0.919. The van der Waals surface area contributed by atoms with Crippen molar-refractivity contribution >= 4 is 23.3 Å². The zero-order valence-electron chi connectivity index (χ0n) is 11.0. The molecule has 0 unspecified atom stereocenters. The van der Waals surface area contributed by atoms with Gasteiger partial charge in [-0.05, 0) is 36.8 Å². The molecular formula is C14H14ClN3O2. The van der Waals surface area contributed by atoms with Gasteiger partial charge in [0.05, 0.1) is 6.61 Å². The molecular weight excluding hydrogens is 278 g/mol. The van der Waals surface area contributed by atoms with E-state index in [1.54, 1.807) is 30.3 Å². The molecule has 0 aliphatic rings. The summed E-state index contributed by atoms with van der Waals surface area (Å²) in [5.74, 6) is 0.740. The number of benzene rings is 1. The first-order valence-corrected chi connectivity index (χ1v) is 6.60. The van der Waals surface area contributed by atoms with E-state index in [4.69, 9.17) is 16.3 Å². The Balaban J connectivity index is 2.06. The van der Waals surface area contributed by atoms with Crippen molar-refractivity contribution in [3.8, 4) is 5.75 Å². The minimum atomic E-state index is -0.274. The Kier molecular flexibility index (Phi) is 4.90. The molecule has 2 aromatic rings. The maximum Gasteiger partial charge on any atom is 0.256 e. The third kappa shape index (κ3) is 3.93. The summed E-state index contributed by atoms with van der Waals surface area (Å²) >= 11 is 5.63. The molecule has 1 heterocycles. The maximum absolute atomic E-state index is 12.1. The maximum atomic E-state index is 12.1. The van der Waals surface area contributed by atoms with Crippen molar-refractivity contribution in [2.24, 2.45) is 0 Å². The number of hydrogen-bond donors (Lipinski definition) is 1. The summed E-state index contributed by atoms with van der Waals surface area (Å²) in [5.41, 5.74) is 0.496. The van der Waals surface area contributed by atoms with Crippen molar-refractivity contribution in [2.75, 3.05) is 11.9 Å². The molecule has 1 N–H and O–H groups in total. The summed E-state index contributed by atoms with van der Waals surface area (Å²) in [5, 5.41) is 10.3. The number of carbonyl (C=O) groups is 1. The molecule has 1 aromatic carbocycles. The van der Waals surface area contributed by atoms with Crippen molar-refractivity contribution < 1.29 is 9.53 Å². The fraction of sp³-hybridized carbons (Fsp3) is 0.214. The largest absolute Gasteiger partial charge is 0.494 e. The second-order valence-electron chi connectivity index (χ2n) is 4.07. The van der Waals surface area contributed by atoms with E-state index in [0.29, 0.717) is 23.7 Å². The third-order valence-electron chi connectivity index (χ3n) is 2.44. The van der Waals surface area contributed by atoms with Crippen LogP contribution in [0, 0.1) is 0 Å². The average Bonchev–Trinajstić information content (AvgIpc) is 2.48. The molecule has 2 rings (SSSR count). The molecule has 1 amide bonds. The zero-order valence-corrected chi connectivity index (χ0v) is 11.7. The van der Waals surface area contributed by atoms with Crippen LogP contribution in [0.5, 0.6) is 5.75 Å². The lowest BCUT2D eigenvalue weighted by Gasteiger charge is -2.07. The van der Waals surface area contributed by atoms with E-state index in [2.05, 4.69) is 15.5 Å². The molecule has 6 heteroatoms. The highest BCUT2D eigenvalue weighted by atomic mass is 35.5. The van der Waals surface area contributed by atoms with Gasteiger partial charge in [0, 0.05) is 5.56 Å². The second-order valence-corrected chi connectivity index (χ2v) is 4.46. The molecule has 20 heavy (non-hydrogen) atoms. The van der Waals surface area contributed by atoms with Crippen LogP contribution in [-0.2, 0) is 0 Å². The Hall–Kier alpha value is -2.14. The van der Waals surface area contributed by atoms with Crippen LogP contribution >= 0.6 is 11.6 Å². The predicted octanol–water partition coefficient (Wildman–Crippen LogP) is 3.17. The SMILES string of the molecule is CCCOc1cccc(C(=O)Nc2ccc(Cl)nn2)c1. The van der Waals surface area contributed by atoms with Crippen molar-refractivity contribution in [1.29, 1.82) is 0 Å². The smallest absolute Gasteiger partial charge is 0.256 e. The Bertz CT molecular complexity index is 587. The number of hydrogen-bond acceptors (Lipinski definition) is 4. The summed E-state index contributed by atoms with van der Waals surface area (Å²) in [6, 6.07) is 10.1. The topological polar surface area (TPSA) is 64.1 Å². The van der Waals surface area contributed by atoms with Crippen LogP contribution in [0.3, 0.4) is 0 Å². The monoisotopic (exact) mass is 291 g/mol. The van der Waals surface area contributed by atoms with Crippen molar-refractivity contribution in [3.63, 3.8) is 0 Å². The van der Waals surface area contributed by atoms with Crippen LogP contribution in [0.4, 0.5) is 5.82 Å². The molecule has 0 saturated heterocycles. The second kappa shape index (κ2) is 6.86. The van der Waals surface area contributed by atoms with Crippen LogP contribution in [0.25, 0.3) is 0 Å². The fourth-order valence-corrected chi connectivity index (χ4v) is 1.62. The first kappa shape index (κ1) is 14.3. The Morgan fingerprint density at radius 1 is 1.30 bits per heavy atom. The van der Waals surface area contributed by atoms with Gasteiger partial charge in [0.15, 0.2) is 11.0 Å². The van der Waals surface area contributed by atoms with Crippen LogP contribution in [0.15, 0.2) is 36.4 Å². The molecule has 0 aliphatic heterocycles. The van der Waals surface area contributed by atoms with Crippen molar-refractivity contribution in [1.82, 2.24) is 10.2 Å². The number of aromatic nitrogens is 2. The predicted molar refractivity (Wildman–Crippen MR) is 77.2 cm³/mol. The lowest BCUT2D eigenvalue weighted by atomic mass is 10.2.